The Morgan fingerprint density at radius 2 is 0.619 bits per heavy atom. The first-order valence-corrected chi connectivity index (χ1v) is 25.7. The molecular formula is C57H94O6. The number of carbonyl (C=O) groups is 3. The Bertz CT molecular complexity index is 1280. The standard InChI is InChI=1S/C57H94O6/c1-4-7-10-13-15-17-19-21-23-25-26-27-28-29-30-32-33-35-37-39-41-44-47-50-56(59)62-53-54(52-61-55(58)49-46-43-12-9-6-3)63-57(60)51-48-45-42-40-38-36-34-31-24-22-20-18-16-14-11-8-5-2/h7-8,10-11,15-18,21-24,26-27,29-30,54H,4-6,9,12-14,19-20,25,28,31-53H2,1-3H3/b10-7-,11-8-,17-15-,18-16-,23-21-,24-22-,27-26-,30-29-. The van der Waals surface area contributed by atoms with E-state index in [1.54, 1.807) is 0 Å². The molecule has 0 fully saturated rings. The second-order valence-electron chi connectivity index (χ2n) is 16.7. The van der Waals surface area contributed by atoms with Crippen LogP contribution in [0.1, 0.15) is 226 Å². The first-order valence-electron chi connectivity index (χ1n) is 25.7. The lowest BCUT2D eigenvalue weighted by Crippen LogP contribution is -2.30. The lowest BCUT2D eigenvalue weighted by Gasteiger charge is -2.18. The molecule has 6 nitrogen and oxygen atoms in total. The van der Waals surface area contributed by atoms with Gasteiger partial charge in [0.2, 0.25) is 0 Å². The molecule has 0 saturated heterocycles. The van der Waals surface area contributed by atoms with Gasteiger partial charge in [0.15, 0.2) is 6.10 Å². The minimum atomic E-state index is -0.784. The number of rotatable bonds is 45. The predicted octanol–water partition coefficient (Wildman–Crippen LogP) is 17.0. The van der Waals surface area contributed by atoms with Crippen molar-refractivity contribution < 1.29 is 28.6 Å². The van der Waals surface area contributed by atoms with Crippen molar-refractivity contribution in [3.8, 4) is 0 Å². The van der Waals surface area contributed by atoms with Crippen LogP contribution in [0.4, 0.5) is 0 Å². The molecule has 0 aliphatic heterocycles. The van der Waals surface area contributed by atoms with E-state index in [4.69, 9.17) is 14.2 Å². The summed E-state index contributed by atoms with van der Waals surface area (Å²) in [5.74, 6) is -0.926. The van der Waals surface area contributed by atoms with Gasteiger partial charge in [-0.15, -0.1) is 0 Å². The number of allylic oxidation sites excluding steroid dienone is 16. The van der Waals surface area contributed by atoms with Crippen molar-refractivity contribution in [1.29, 1.82) is 0 Å². The molecule has 0 heterocycles. The monoisotopic (exact) mass is 875 g/mol. The van der Waals surface area contributed by atoms with Crippen LogP contribution in [-0.4, -0.2) is 37.2 Å². The fraction of sp³-hybridized carbons (Fsp3) is 0.667. The molecule has 0 spiro atoms. The fourth-order valence-electron chi connectivity index (χ4n) is 6.78. The summed E-state index contributed by atoms with van der Waals surface area (Å²) in [7, 11) is 0. The van der Waals surface area contributed by atoms with Crippen LogP contribution in [0, 0.1) is 0 Å². The summed E-state index contributed by atoms with van der Waals surface area (Å²) in [6.07, 6.45) is 67.1. The third-order valence-electron chi connectivity index (χ3n) is 10.6. The van der Waals surface area contributed by atoms with Crippen LogP contribution in [0.2, 0.25) is 0 Å². The molecule has 358 valence electrons. The maximum Gasteiger partial charge on any atom is 0.306 e. The van der Waals surface area contributed by atoms with Crippen LogP contribution in [0.25, 0.3) is 0 Å². The summed E-state index contributed by atoms with van der Waals surface area (Å²) in [5.41, 5.74) is 0. The van der Waals surface area contributed by atoms with Crippen LogP contribution in [0.3, 0.4) is 0 Å². The lowest BCUT2D eigenvalue weighted by molar-refractivity contribution is -0.167. The Balaban J connectivity index is 4.20. The van der Waals surface area contributed by atoms with E-state index >= 15 is 0 Å². The summed E-state index contributed by atoms with van der Waals surface area (Å²) in [6.45, 7) is 6.30. The Hall–Kier alpha value is -3.67. The Morgan fingerprint density at radius 1 is 0.333 bits per heavy atom. The van der Waals surface area contributed by atoms with Crippen molar-refractivity contribution in [3.63, 3.8) is 0 Å². The van der Waals surface area contributed by atoms with Crippen LogP contribution >= 0.6 is 0 Å². The zero-order valence-corrected chi connectivity index (χ0v) is 40.8. The molecule has 0 saturated carbocycles. The second kappa shape index (κ2) is 51.0. The molecule has 6 heteroatoms. The molecule has 0 aromatic heterocycles. The smallest absolute Gasteiger partial charge is 0.306 e. The van der Waals surface area contributed by atoms with E-state index in [2.05, 4.69) is 118 Å². The van der Waals surface area contributed by atoms with E-state index in [1.807, 2.05) is 0 Å². The van der Waals surface area contributed by atoms with Crippen molar-refractivity contribution >= 4 is 17.9 Å². The third kappa shape index (κ3) is 49.2. The molecular weight excluding hydrogens is 781 g/mol. The largest absolute Gasteiger partial charge is 0.462 e. The maximum atomic E-state index is 12.7. The molecule has 0 bridgehead atoms. The molecule has 0 radical (unpaired) electrons. The van der Waals surface area contributed by atoms with Gasteiger partial charge < -0.3 is 14.2 Å². The quantitative estimate of drug-likeness (QED) is 0.0262. The zero-order chi connectivity index (χ0) is 45.8. The summed E-state index contributed by atoms with van der Waals surface area (Å²) in [6, 6.07) is 0. The van der Waals surface area contributed by atoms with E-state index in [-0.39, 0.29) is 31.1 Å². The van der Waals surface area contributed by atoms with Gasteiger partial charge in [-0.2, -0.15) is 0 Å². The number of ether oxygens (including phenoxy) is 3. The highest BCUT2D eigenvalue weighted by Crippen LogP contribution is 2.14. The first-order chi connectivity index (χ1) is 31.0. The van der Waals surface area contributed by atoms with E-state index in [9.17, 15) is 14.4 Å². The molecule has 0 amide bonds. The highest BCUT2D eigenvalue weighted by Gasteiger charge is 2.19. The van der Waals surface area contributed by atoms with Crippen molar-refractivity contribution in [2.45, 2.75) is 232 Å². The van der Waals surface area contributed by atoms with Crippen LogP contribution in [0.15, 0.2) is 97.2 Å². The Kier molecular flexibility index (Phi) is 48.0. The van der Waals surface area contributed by atoms with Gasteiger partial charge in [-0.1, -0.05) is 208 Å². The number of carbonyl (C=O) groups excluding carboxylic acids is 3. The molecule has 1 unspecified atom stereocenters. The van der Waals surface area contributed by atoms with Crippen molar-refractivity contribution in [1.82, 2.24) is 0 Å². The molecule has 0 aliphatic carbocycles. The summed E-state index contributed by atoms with van der Waals surface area (Å²) in [5, 5.41) is 0. The topological polar surface area (TPSA) is 78.9 Å². The van der Waals surface area contributed by atoms with E-state index in [0.717, 1.165) is 128 Å². The maximum absolute atomic E-state index is 12.7. The van der Waals surface area contributed by atoms with Gasteiger partial charge in [0, 0.05) is 19.3 Å². The zero-order valence-electron chi connectivity index (χ0n) is 40.8. The first kappa shape index (κ1) is 59.3. The highest BCUT2D eigenvalue weighted by molar-refractivity contribution is 5.71. The third-order valence-corrected chi connectivity index (χ3v) is 10.6. The van der Waals surface area contributed by atoms with Gasteiger partial charge in [-0.05, 0) is 96.3 Å². The Morgan fingerprint density at radius 3 is 0.968 bits per heavy atom. The van der Waals surface area contributed by atoms with Gasteiger partial charge >= 0.3 is 17.9 Å². The van der Waals surface area contributed by atoms with Crippen LogP contribution in [-0.2, 0) is 28.6 Å². The van der Waals surface area contributed by atoms with E-state index in [0.29, 0.717) is 19.3 Å². The molecule has 0 N–H and O–H groups in total. The number of unbranched alkanes of at least 4 members (excludes halogenated alkanes) is 18. The fourth-order valence-corrected chi connectivity index (χ4v) is 6.78. The molecule has 0 rings (SSSR count). The summed E-state index contributed by atoms with van der Waals surface area (Å²) >= 11 is 0. The predicted molar refractivity (Wildman–Crippen MR) is 270 cm³/mol. The number of hydrogen-bond acceptors (Lipinski definition) is 6. The van der Waals surface area contributed by atoms with Gasteiger partial charge in [0.25, 0.3) is 0 Å². The van der Waals surface area contributed by atoms with E-state index < -0.39 is 6.10 Å². The van der Waals surface area contributed by atoms with Gasteiger partial charge in [-0.25, -0.2) is 0 Å². The lowest BCUT2D eigenvalue weighted by atomic mass is 10.1. The molecule has 0 aromatic rings. The number of esters is 3. The summed E-state index contributed by atoms with van der Waals surface area (Å²) in [4.78, 5) is 37.7. The van der Waals surface area contributed by atoms with Crippen LogP contribution in [0.5, 0.6) is 0 Å². The number of hydrogen-bond donors (Lipinski definition) is 0. The molecule has 0 aromatic carbocycles. The minimum Gasteiger partial charge on any atom is -0.462 e. The Labute approximate surface area is 387 Å². The normalized spacial score (nSPS) is 12.9. The molecule has 63 heavy (non-hydrogen) atoms. The van der Waals surface area contributed by atoms with Gasteiger partial charge in [-0.3, -0.25) is 14.4 Å². The van der Waals surface area contributed by atoms with Crippen LogP contribution < -0.4 is 0 Å². The highest BCUT2D eigenvalue weighted by atomic mass is 16.6. The molecule has 1 atom stereocenters. The SMILES string of the molecule is CC/C=C\C/C=C\C/C=C\C/C=C\C/C=C\CCCCCCCCCC(=O)OCC(COC(=O)CCCCCCC)OC(=O)CCCCCCCCC/C=C\C/C=C\C/C=C\CC. The average Bonchev–Trinajstić information content (AvgIpc) is 3.28. The van der Waals surface area contributed by atoms with Crippen molar-refractivity contribution in [2.75, 3.05) is 13.2 Å². The summed E-state index contributed by atoms with van der Waals surface area (Å²) < 4.78 is 16.7. The van der Waals surface area contributed by atoms with Crippen molar-refractivity contribution in [3.05, 3.63) is 97.2 Å². The average molecular weight is 875 g/mol. The minimum absolute atomic E-state index is 0.0869. The van der Waals surface area contributed by atoms with Crippen molar-refractivity contribution in [2.24, 2.45) is 0 Å². The van der Waals surface area contributed by atoms with Gasteiger partial charge in [0.1, 0.15) is 13.2 Å². The van der Waals surface area contributed by atoms with E-state index in [1.165, 1.54) is 57.8 Å². The second-order valence-corrected chi connectivity index (χ2v) is 16.7. The van der Waals surface area contributed by atoms with Gasteiger partial charge in [0.05, 0.1) is 0 Å². The molecule has 0 aliphatic rings.